The molecule has 0 spiro atoms. The van der Waals surface area contributed by atoms with Crippen LogP contribution in [0.25, 0.3) is 0 Å². The van der Waals surface area contributed by atoms with Crippen molar-refractivity contribution in [2.24, 2.45) is 5.92 Å². The monoisotopic (exact) mass is 293 g/mol. The minimum Gasteiger partial charge on any atom is -0.445 e. The summed E-state index contributed by atoms with van der Waals surface area (Å²) in [5.41, 5.74) is 0.995. The van der Waals surface area contributed by atoms with Gasteiger partial charge in [0.1, 0.15) is 12.4 Å². The Morgan fingerprint density at radius 3 is 2.81 bits per heavy atom. The summed E-state index contributed by atoms with van der Waals surface area (Å²) in [6.07, 6.45) is 1.86. The third-order valence-electron chi connectivity index (χ3n) is 3.85. The van der Waals surface area contributed by atoms with Crippen molar-refractivity contribution in [2.45, 2.75) is 12.3 Å². The summed E-state index contributed by atoms with van der Waals surface area (Å²) in [4.78, 5) is 13.4. The molecule has 0 unspecified atom stereocenters. The second-order valence-electron chi connectivity index (χ2n) is 5.20. The first-order valence-corrected chi connectivity index (χ1v) is 7.04. The van der Waals surface area contributed by atoms with Crippen molar-refractivity contribution in [1.29, 1.82) is 0 Å². The van der Waals surface area contributed by atoms with Gasteiger partial charge in [0.15, 0.2) is 0 Å². The summed E-state index contributed by atoms with van der Waals surface area (Å²) in [5, 5.41) is 9.58. The highest BCUT2D eigenvalue weighted by atomic mass is 19.1. The van der Waals surface area contributed by atoms with E-state index in [-0.39, 0.29) is 37.0 Å². The first-order valence-electron chi connectivity index (χ1n) is 7.04. The molecular formula is C16H20FNO3. The van der Waals surface area contributed by atoms with Crippen LogP contribution in [0.15, 0.2) is 36.9 Å². The number of aliphatic hydroxyl groups is 1. The van der Waals surface area contributed by atoms with Crippen molar-refractivity contribution in [3.63, 3.8) is 0 Å². The van der Waals surface area contributed by atoms with Gasteiger partial charge in [-0.15, -0.1) is 0 Å². The third-order valence-corrected chi connectivity index (χ3v) is 3.85. The maximum Gasteiger partial charge on any atom is 0.410 e. The van der Waals surface area contributed by atoms with Crippen LogP contribution in [0.5, 0.6) is 0 Å². The average Bonchev–Trinajstić information content (AvgIpc) is 2.52. The van der Waals surface area contributed by atoms with E-state index in [0.717, 1.165) is 12.0 Å². The molecule has 2 atom stereocenters. The van der Waals surface area contributed by atoms with E-state index in [2.05, 4.69) is 6.58 Å². The molecule has 0 bridgehead atoms. The Morgan fingerprint density at radius 2 is 2.19 bits per heavy atom. The molecule has 4 nitrogen and oxygen atoms in total. The molecule has 1 amide bonds. The summed E-state index contributed by atoms with van der Waals surface area (Å²) in [5.74, 6) is -0.218. The Labute approximate surface area is 123 Å². The van der Waals surface area contributed by atoms with Crippen LogP contribution in [0.3, 0.4) is 0 Å². The summed E-state index contributed by atoms with van der Waals surface area (Å²) >= 11 is 0. The number of likely N-dealkylation sites (tertiary alicyclic amines) is 1. The van der Waals surface area contributed by atoms with Gasteiger partial charge >= 0.3 is 6.09 Å². The van der Waals surface area contributed by atoms with E-state index in [1.54, 1.807) is 17.0 Å². The van der Waals surface area contributed by atoms with Crippen molar-refractivity contribution in [3.8, 4) is 0 Å². The smallest absolute Gasteiger partial charge is 0.410 e. The molecule has 1 aromatic rings. The fourth-order valence-corrected chi connectivity index (χ4v) is 2.75. The second kappa shape index (κ2) is 7.22. The Bertz CT molecular complexity index is 489. The topological polar surface area (TPSA) is 49.8 Å². The molecular weight excluding hydrogens is 273 g/mol. The van der Waals surface area contributed by atoms with Crippen molar-refractivity contribution in [2.75, 3.05) is 26.3 Å². The van der Waals surface area contributed by atoms with Crippen molar-refractivity contribution in [1.82, 2.24) is 4.90 Å². The molecule has 1 N–H and O–H groups in total. The molecule has 1 saturated heterocycles. The number of aliphatic hydroxyl groups excluding tert-OH is 1. The fourth-order valence-electron chi connectivity index (χ4n) is 2.75. The number of ether oxygens (including phenoxy) is 1. The number of hydrogen-bond donors (Lipinski definition) is 1. The Morgan fingerprint density at radius 1 is 1.48 bits per heavy atom. The minimum atomic E-state index is -0.383. The number of halogens is 1. The van der Waals surface area contributed by atoms with Crippen LogP contribution in [0.4, 0.5) is 9.18 Å². The van der Waals surface area contributed by atoms with Gasteiger partial charge in [-0.25, -0.2) is 9.18 Å². The van der Waals surface area contributed by atoms with Crippen LogP contribution in [0.2, 0.25) is 0 Å². The van der Waals surface area contributed by atoms with E-state index in [1.165, 1.54) is 18.2 Å². The Kier molecular flexibility index (Phi) is 5.33. The number of hydrogen-bond acceptors (Lipinski definition) is 3. The zero-order valence-corrected chi connectivity index (χ0v) is 11.9. The molecule has 1 aliphatic heterocycles. The van der Waals surface area contributed by atoms with Crippen LogP contribution < -0.4 is 0 Å². The Balaban J connectivity index is 2.03. The molecule has 0 aliphatic carbocycles. The SMILES string of the molecule is C=CCOC(=O)N1CC[C@@H](c2ccc(F)cc2)[C@H](CO)C1. The summed E-state index contributed by atoms with van der Waals surface area (Å²) in [7, 11) is 0. The predicted octanol–water partition coefficient (Wildman–Crippen LogP) is 2.55. The lowest BCUT2D eigenvalue weighted by Crippen LogP contribution is -2.44. The molecule has 1 aliphatic rings. The summed E-state index contributed by atoms with van der Waals surface area (Å²) < 4.78 is 18.0. The van der Waals surface area contributed by atoms with E-state index in [1.807, 2.05) is 0 Å². The number of benzene rings is 1. The maximum absolute atomic E-state index is 13.0. The highest BCUT2D eigenvalue weighted by Crippen LogP contribution is 2.33. The molecule has 1 fully saturated rings. The number of nitrogens with zero attached hydrogens (tertiary/aromatic N) is 1. The largest absolute Gasteiger partial charge is 0.445 e. The highest BCUT2D eigenvalue weighted by Gasteiger charge is 2.32. The molecule has 1 heterocycles. The molecule has 21 heavy (non-hydrogen) atoms. The number of carbonyl (C=O) groups is 1. The van der Waals surface area contributed by atoms with Crippen LogP contribution in [0, 0.1) is 11.7 Å². The van der Waals surface area contributed by atoms with Crippen molar-refractivity contribution in [3.05, 3.63) is 48.3 Å². The normalized spacial score (nSPS) is 21.9. The fraction of sp³-hybridized carbons (Fsp3) is 0.438. The molecule has 0 saturated carbocycles. The van der Waals surface area contributed by atoms with Gasteiger partial charge in [0.25, 0.3) is 0 Å². The Hall–Kier alpha value is -1.88. The van der Waals surface area contributed by atoms with Gasteiger partial charge in [0, 0.05) is 25.6 Å². The van der Waals surface area contributed by atoms with Crippen LogP contribution >= 0.6 is 0 Å². The first-order chi connectivity index (χ1) is 10.2. The lowest BCUT2D eigenvalue weighted by atomic mass is 9.81. The summed E-state index contributed by atoms with van der Waals surface area (Å²) in [6.45, 7) is 4.66. The van der Waals surface area contributed by atoms with E-state index >= 15 is 0 Å². The highest BCUT2D eigenvalue weighted by molar-refractivity contribution is 5.67. The van der Waals surface area contributed by atoms with Crippen LogP contribution in [-0.4, -0.2) is 42.4 Å². The standard InChI is InChI=1S/C16H20FNO3/c1-2-9-21-16(20)18-8-7-15(13(10-18)11-19)12-3-5-14(17)6-4-12/h2-6,13,15,19H,1,7-11H2/t13-,15-/m0/s1. The van der Waals surface area contributed by atoms with E-state index in [9.17, 15) is 14.3 Å². The lowest BCUT2D eigenvalue weighted by molar-refractivity contribution is 0.0710. The van der Waals surface area contributed by atoms with Crippen molar-refractivity contribution < 1.29 is 19.0 Å². The third kappa shape index (κ3) is 3.82. The predicted molar refractivity (Wildman–Crippen MR) is 77.5 cm³/mol. The van der Waals surface area contributed by atoms with Gasteiger partial charge in [-0.3, -0.25) is 0 Å². The molecule has 1 aromatic carbocycles. The average molecular weight is 293 g/mol. The molecule has 2 rings (SSSR count). The molecule has 0 aromatic heterocycles. The van der Waals surface area contributed by atoms with Gasteiger partial charge in [0.05, 0.1) is 0 Å². The summed E-state index contributed by atoms with van der Waals surface area (Å²) in [6, 6.07) is 6.34. The quantitative estimate of drug-likeness (QED) is 0.868. The van der Waals surface area contributed by atoms with Gasteiger partial charge in [-0.1, -0.05) is 24.8 Å². The molecule has 114 valence electrons. The molecule has 0 radical (unpaired) electrons. The van der Waals surface area contributed by atoms with E-state index in [0.29, 0.717) is 13.1 Å². The lowest BCUT2D eigenvalue weighted by Gasteiger charge is -2.37. The van der Waals surface area contributed by atoms with E-state index < -0.39 is 0 Å². The maximum atomic E-state index is 13.0. The number of amides is 1. The molecule has 5 heteroatoms. The second-order valence-corrected chi connectivity index (χ2v) is 5.20. The van der Waals surface area contributed by atoms with Gasteiger partial charge in [-0.05, 0) is 30.0 Å². The zero-order valence-electron chi connectivity index (χ0n) is 11.9. The van der Waals surface area contributed by atoms with Gasteiger partial charge < -0.3 is 14.7 Å². The number of piperidine rings is 1. The first kappa shape index (κ1) is 15.5. The van der Waals surface area contributed by atoms with Crippen LogP contribution in [-0.2, 0) is 4.74 Å². The minimum absolute atomic E-state index is 0.0206. The van der Waals surface area contributed by atoms with Crippen molar-refractivity contribution >= 4 is 6.09 Å². The zero-order chi connectivity index (χ0) is 15.2. The number of carbonyl (C=O) groups excluding carboxylic acids is 1. The van der Waals surface area contributed by atoms with Crippen LogP contribution in [0.1, 0.15) is 17.9 Å². The number of rotatable bonds is 4. The van der Waals surface area contributed by atoms with E-state index in [4.69, 9.17) is 4.74 Å². The van der Waals surface area contributed by atoms with Gasteiger partial charge in [-0.2, -0.15) is 0 Å². The van der Waals surface area contributed by atoms with Gasteiger partial charge in [0.2, 0.25) is 0 Å².